The molecule has 7 heteroatoms. The molecule has 122 valence electrons. The summed E-state index contributed by atoms with van der Waals surface area (Å²) in [6.07, 6.45) is 0.781. The molecule has 1 unspecified atom stereocenters. The molecule has 0 saturated carbocycles. The minimum absolute atomic E-state index is 0.0276. The number of H-pyrrole nitrogens is 1. The molecule has 0 amide bonds. The summed E-state index contributed by atoms with van der Waals surface area (Å²) in [5.74, 6) is 0. The molecule has 0 fully saturated rings. The fourth-order valence-electron chi connectivity index (χ4n) is 2.27. The first kappa shape index (κ1) is 18.1. The van der Waals surface area contributed by atoms with Crippen LogP contribution in [0.1, 0.15) is 52.4 Å². The topological polar surface area (TPSA) is 78.1 Å². The van der Waals surface area contributed by atoms with Gasteiger partial charge in [0, 0.05) is 25.2 Å². The van der Waals surface area contributed by atoms with E-state index in [1.165, 1.54) is 0 Å². The Morgan fingerprint density at radius 2 is 1.90 bits per heavy atom. The van der Waals surface area contributed by atoms with E-state index in [0.717, 1.165) is 6.42 Å². The molecule has 0 aromatic carbocycles. The highest BCUT2D eigenvalue weighted by Gasteiger charge is 2.32. The first-order valence-electron chi connectivity index (χ1n) is 7.54. The maximum atomic E-state index is 12.9. The van der Waals surface area contributed by atoms with Gasteiger partial charge in [0.25, 0.3) is 0 Å². The Balaban J connectivity index is 3.21. The van der Waals surface area contributed by atoms with Gasteiger partial charge in [-0.2, -0.15) is 9.40 Å². The predicted octanol–water partition coefficient (Wildman–Crippen LogP) is 2.03. The van der Waals surface area contributed by atoms with Crippen LogP contribution in [0.5, 0.6) is 0 Å². The van der Waals surface area contributed by atoms with Crippen LogP contribution < -0.4 is 5.32 Å². The van der Waals surface area contributed by atoms with Crippen molar-refractivity contribution in [3.05, 3.63) is 11.4 Å². The molecule has 0 aliphatic heterocycles. The van der Waals surface area contributed by atoms with Gasteiger partial charge in [0.15, 0.2) is 0 Å². The van der Waals surface area contributed by atoms with E-state index in [0.29, 0.717) is 29.4 Å². The molecule has 0 aliphatic rings. The van der Waals surface area contributed by atoms with E-state index in [4.69, 9.17) is 0 Å². The van der Waals surface area contributed by atoms with E-state index in [-0.39, 0.29) is 12.1 Å². The Morgan fingerprint density at radius 3 is 2.38 bits per heavy atom. The molecule has 1 aromatic rings. The number of aryl methyl sites for hydroxylation is 1. The highest BCUT2D eigenvalue weighted by molar-refractivity contribution is 7.89. The number of nitrogens with zero attached hydrogens (tertiary/aromatic N) is 2. The molecule has 1 aromatic heterocycles. The van der Waals surface area contributed by atoms with Crippen LogP contribution in [-0.2, 0) is 16.6 Å². The highest BCUT2D eigenvalue weighted by Crippen LogP contribution is 2.24. The smallest absolute Gasteiger partial charge is 0.247 e. The summed E-state index contributed by atoms with van der Waals surface area (Å²) in [4.78, 5) is 0.317. The number of sulfonamides is 1. The largest absolute Gasteiger partial charge is 0.309 e. The SMILES string of the molecule is CCC(C)N(CC)S(=O)(=O)c1c(CNC(C)C)n[nH]c1C. The van der Waals surface area contributed by atoms with Crippen molar-refractivity contribution in [3.63, 3.8) is 0 Å². The molecular formula is C14H28N4O2S. The Morgan fingerprint density at radius 1 is 1.29 bits per heavy atom. The molecule has 0 radical (unpaired) electrons. The molecule has 1 rings (SSSR count). The van der Waals surface area contributed by atoms with Gasteiger partial charge in [0.05, 0.1) is 11.4 Å². The third kappa shape index (κ3) is 4.05. The molecule has 0 bridgehead atoms. The summed E-state index contributed by atoms with van der Waals surface area (Å²) in [5, 5.41) is 10.2. The quantitative estimate of drug-likeness (QED) is 0.769. The number of aromatic nitrogens is 2. The predicted molar refractivity (Wildman–Crippen MR) is 84.6 cm³/mol. The van der Waals surface area contributed by atoms with Gasteiger partial charge in [0.1, 0.15) is 4.90 Å². The molecule has 0 saturated heterocycles. The lowest BCUT2D eigenvalue weighted by Gasteiger charge is -2.26. The third-order valence-corrected chi connectivity index (χ3v) is 5.89. The van der Waals surface area contributed by atoms with E-state index >= 15 is 0 Å². The van der Waals surface area contributed by atoms with Gasteiger partial charge in [0.2, 0.25) is 10.0 Å². The van der Waals surface area contributed by atoms with Gasteiger partial charge in [-0.05, 0) is 20.3 Å². The minimum Gasteiger partial charge on any atom is -0.309 e. The monoisotopic (exact) mass is 316 g/mol. The number of nitrogens with one attached hydrogen (secondary N) is 2. The lowest BCUT2D eigenvalue weighted by molar-refractivity contribution is 0.342. The van der Waals surface area contributed by atoms with E-state index in [9.17, 15) is 8.42 Å². The summed E-state index contributed by atoms with van der Waals surface area (Å²) < 4.78 is 27.4. The van der Waals surface area contributed by atoms with Crippen molar-refractivity contribution in [2.24, 2.45) is 0 Å². The van der Waals surface area contributed by atoms with Crippen molar-refractivity contribution in [2.75, 3.05) is 6.54 Å². The normalized spacial score (nSPS) is 14.1. The Kier molecular flexibility index (Phi) is 6.37. The molecule has 21 heavy (non-hydrogen) atoms. The molecule has 2 N–H and O–H groups in total. The van der Waals surface area contributed by atoms with Crippen molar-refractivity contribution >= 4 is 10.0 Å². The first-order chi connectivity index (χ1) is 9.75. The van der Waals surface area contributed by atoms with Crippen LogP contribution in [0.2, 0.25) is 0 Å². The van der Waals surface area contributed by atoms with Gasteiger partial charge in [-0.3, -0.25) is 5.10 Å². The summed E-state index contributed by atoms with van der Waals surface area (Å²) >= 11 is 0. The fourth-order valence-corrected chi connectivity index (χ4v) is 4.32. The highest BCUT2D eigenvalue weighted by atomic mass is 32.2. The van der Waals surface area contributed by atoms with Crippen LogP contribution >= 0.6 is 0 Å². The van der Waals surface area contributed by atoms with Gasteiger partial charge >= 0.3 is 0 Å². The van der Waals surface area contributed by atoms with Crippen molar-refractivity contribution in [1.82, 2.24) is 19.8 Å². The number of aromatic amines is 1. The second-order valence-electron chi connectivity index (χ2n) is 5.63. The third-order valence-electron chi connectivity index (χ3n) is 3.60. The van der Waals surface area contributed by atoms with Crippen LogP contribution in [0.25, 0.3) is 0 Å². The summed E-state index contributed by atoms with van der Waals surface area (Å²) in [6.45, 7) is 12.5. The van der Waals surface area contributed by atoms with Gasteiger partial charge in [-0.1, -0.05) is 27.7 Å². The summed E-state index contributed by atoms with van der Waals surface area (Å²) in [6, 6.07) is 0.245. The molecule has 6 nitrogen and oxygen atoms in total. The van der Waals surface area contributed by atoms with Crippen molar-refractivity contribution in [2.45, 2.75) is 71.5 Å². The van der Waals surface area contributed by atoms with Crippen LogP contribution in [0.15, 0.2) is 4.90 Å². The zero-order valence-electron chi connectivity index (χ0n) is 13.9. The number of hydrogen-bond acceptors (Lipinski definition) is 4. The second kappa shape index (κ2) is 7.38. The van der Waals surface area contributed by atoms with Crippen molar-refractivity contribution < 1.29 is 8.42 Å². The molecule has 0 spiro atoms. The first-order valence-corrected chi connectivity index (χ1v) is 8.98. The number of rotatable bonds is 8. The lowest BCUT2D eigenvalue weighted by Crippen LogP contribution is -2.38. The van der Waals surface area contributed by atoms with Crippen molar-refractivity contribution in [3.8, 4) is 0 Å². The zero-order valence-corrected chi connectivity index (χ0v) is 14.7. The fraction of sp³-hybridized carbons (Fsp3) is 0.786. The van der Waals surface area contributed by atoms with E-state index in [1.807, 2.05) is 34.6 Å². The van der Waals surface area contributed by atoms with Crippen LogP contribution in [-0.4, -0.2) is 41.5 Å². The minimum atomic E-state index is -3.53. The maximum Gasteiger partial charge on any atom is 0.247 e. The van der Waals surface area contributed by atoms with E-state index in [1.54, 1.807) is 11.2 Å². The molecule has 1 heterocycles. The Bertz CT molecular complexity index is 551. The average molecular weight is 316 g/mol. The lowest BCUT2D eigenvalue weighted by atomic mass is 10.3. The second-order valence-corrected chi connectivity index (χ2v) is 7.45. The standard InChI is InChI=1S/C14H28N4O2S/c1-7-11(5)18(8-2)21(19,20)14-12(6)16-17-13(14)9-15-10(3)4/h10-11,15H,7-9H2,1-6H3,(H,16,17). The average Bonchev–Trinajstić information content (AvgIpc) is 2.78. The number of hydrogen-bond donors (Lipinski definition) is 2. The molecule has 1 atom stereocenters. The summed E-state index contributed by atoms with van der Waals surface area (Å²) in [7, 11) is -3.53. The summed E-state index contributed by atoms with van der Waals surface area (Å²) in [5.41, 5.74) is 1.15. The zero-order chi connectivity index (χ0) is 16.2. The van der Waals surface area contributed by atoms with Crippen LogP contribution in [0.4, 0.5) is 0 Å². The van der Waals surface area contributed by atoms with Gasteiger partial charge in [-0.25, -0.2) is 8.42 Å². The van der Waals surface area contributed by atoms with Gasteiger partial charge < -0.3 is 5.32 Å². The molecule has 0 aliphatic carbocycles. The van der Waals surface area contributed by atoms with Gasteiger partial charge in [-0.15, -0.1) is 0 Å². The van der Waals surface area contributed by atoms with Crippen LogP contribution in [0.3, 0.4) is 0 Å². The van der Waals surface area contributed by atoms with Crippen molar-refractivity contribution in [1.29, 1.82) is 0 Å². The molecular weight excluding hydrogens is 288 g/mol. The van der Waals surface area contributed by atoms with Crippen LogP contribution in [0, 0.1) is 6.92 Å². The Labute approximate surface area is 128 Å². The van der Waals surface area contributed by atoms with E-state index in [2.05, 4.69) is 15.5 Å². The maximum absolute atomic E-state index is 12.9. The Hall–Kier alpha value is -0.920. The van der Waals surface area contributed by atoms with E-state index < -0.39 is 10.0 Å².